The summed E-state index contributed by atoms with van der Waals surface area (Å²) in [4.78, 5) is 39.1. The van der Waals surface area contributed by atoms with Crippen molar-refractivity contribution in [3.05, 3.63) is 100 Å². The van der Waals surface area contributed by atoms with Gasteiger partial charge in [-0.2, -0.15) is 0 Å². The number of aryl methyl sites for hydroxylation is 1. The van der Waals surface area contributed by atoms with Crippen LogP contribution in [-0.4, -0.2) is 48.7 Å². The van der Waals surface area contributed by atoms with Crippen molar-refractivity contribution >= 4 is 33.2 Å². The molecule has 0 saturated carbocycles. The molecule has 11 heteroatoms. The van der Waals surface area contributed by atoms with Crippen molar-refractivity contribution in [3.63, 3.8) is 0 Å². The summed E-state index contributed by atoms with van der Waals surface area (Å²) < 4.78 is 28.4. The Morgan fingerprint density at radius 2 is 1.65 bits per heavy atom. The number of nitro groups is 1. The topological polar surface area (TPSA) is 130 Å². The quantitative estimate of drug-likeness (QED) is 0.255. The summed E-state index contributed by atoms with van der Waals surface area (Å²) >= 11 is 0. The third-order valence-corrected chi connectivity index (χ3v) is 8.33. The first-order valence-electron chi connectivity index (χ1n) is 12.9. The van der Waals surface area contributed by atoms with Gasteiger partial charge in [0.25, 0.3) is 15.7 Å². The van der Waals surface area contributed by atoms with Gasteiger partial charge in [0.1, 0.15) is 12.6 Å². The summed E-state index contributed by atoms with van der Waals surface area (Å²) in [6.07, 6.45) is 0.695. The fourth-order valence-corrected chi connectivity index (χ4v) is 5.49. The standard InChI is InChI=1S/C29H34N4O6S/c1-5-22(3)30-29(35)23(4)31(19-24-12-9-11-21(2)17-24)28(34)20-32(25-13-10-14-26(18-25)33(36)37)40(38,39)27-15-7-6-8-16-27/h6-18,22-23H,5,19-20H2,1-4H3,(H,30,35)/t22-,23+/m1/s1. The van der Waals surface area contributed by atoms with Crippen molar-refractivity contribution in [2.24, 2.45) is 0 Å². The van der Waals surface area contributed by atoms with E-state index in [0.717, 1.165) is 21.5 Å². The molecule has 0 bridgehead atoms. The molecule has 212 valence electrons. The molecular weight excluding hydrogens is 532 g/mol. The van der Waals surface area contributed by atoms with Gasteiger partial charge < -0.3 is 10.2 Å². The molecule has 40 heavy (non-hydrogen) atoms. The first kappa shape index (κ1) is 30.3. The van der Waals surface area contributed by atoms with E-state index in [1.165, 1.54) is 35.2 Å². The summed E-state index contributed by atoms with van der Waals surface area (Å²) in [6, 6.07) is 19.0. The number of sulfonamides is 1. The highest BCUT2D eigenvalue weighted by molar-refractivity contribution is 7.92. The van der Waals surface area contributed by atoms with E-state index < -0.39 is 33.4 Å². The predicted octanol–water partition coefficient (Wildman–Crippen LogP) is 4.43. The smallest absolute Gasteiger partial charge is 0.271 e. The molecule has 0 spiro atoms. The third kappa shape index (κ3) is 7.44. The van der Waals surface area contributed by atoms with E-state index in [0.29, 0.717) is 6.42 Å². The van der Waals surface area contributed by atoms with Crippen LogP contribution in [0.25, 0.3) is 0 Å². The molecule has 1 N–H and O–H groups in total. The van der Waals surface area contributed by atoms with Crippen LogP contribution in [0.1, 0.15) is 38.3 Å². The van der Waals surface area contributed by atoms with Crippen LogP contribution in [0.3, 0.4) is 0 Å². The number of carbonyl (C=O) groups is 2. The van der Waals surface area contributed by atoms with Gasteiger partial charge in [-0.25, -0.2) is 8.42 Å². The highest BCUT2D eigenvalue weighted by atomic mass is 32.2. The largest absolute Gasteiger partial charge is 0.352 e. The Morgan fingerprint density at radius 1 is 0.975 bits per heavy atom. The average Bonchev–Trinajstić information content (AvgIpc) is 2.94. The SMILES string of the molecule is CC[C@@H](C)NC(=O)[C@H](C)N(Cc1cccc(C)c1)C(=O)CN(c1cccc([N+](=O)[O-])c1)S(=O)(=O)c1ccccc1. The highest BCUT2D eigenvalue weighted by Gasteiger charge is 2.33. The summed E-state index contributed by atoms with van der Waals surface area (Å²) in [5.74, 6) is -1.01. The summed E-state index contributed by atoms with van der Waals surface area (Å²) in [7, 11) is -4.31. The molecule has 0 saturated heterocycles. The molecule has 3 aromatic carbocycles. The molecular formula is C29H34N4O6S. The second-order valence-corrected chi connectivity index (χ2v) is 11.5. The minimum atomic E-state index is -4.31. The Morgan fingerprint density at radius 3 is 2.27 bits per heavy atom. The van der Waals surface area contributed by atoms with Crippen molar-refractivity contribution < 1.29 is 22.9 Å². The van der Waals surface area contributed by atoms with E-state index >= 15 is 0 Å². The third-order valence-electron chi connectivity index (χ3n) is 6.54. The van der Waals surface area contributed by atoms with E-state index in [4.69, 9.17) is 0 Å². The van der Waals surface area contributed by atoms with Crippen LogP contribution in [0, 0.1) is 17.0 Å². The monoisotopic (exact) mass is 566 g/mol. The number of nitrogens with one attached hydrogen (secondary N) is 1. The number of non-ortho nitro benzene ring substituents is 1. The van der Waals surface area contributed by atoms with E-state index in [2.05, 4.69) is 5.32 Å². The molecule has 0 heterocycles. The normalized spacial score (nSPS) is 12.7. The van der Waals surface area contributed by atoms with Crippen LogP contribution in [0.15, 0.2) is 83.8 Å². The zero-order chi connectivity index (χ0) is 29.4. The molecule has 0 aliphatic heterocycles. The molecule has 2 atom stereocenters. The zero-order valence-electron chi connectivity index (χ0n) is 23.0. The van der Waals surface area contributed by atoms with Crippen molar-refractivity contribution in [2.45, 2.75) is 57.6 Å². The van der Waals surface area contributed by atoms with Gasteiger partial charge in [-0.05, 0) is 51.0 Å². The summed E-state index contributed by atoms with van der Waals surface area (Å²) in [5, 5.41) is 14.3. The number of amides is 2. The van der Waals surface area contributed by atoms with Crippen LogP contribution >= 0.6 is 0 Å². The Bertz CT molecular complexity index is 1460. The first-order chi connectivity index (χ1) is 18.9. The Balaban J connectivity index is 2.06. The Hall–Kier alpha value is -4.25. The number of anilines is 1. The van der Waals surface area contributed by atoms with E-state index in [1.54, 1.807) is 25.1 Å². The average molecular weight is 567 g/mol. The Labute approximate surface area is 234 Å². The van der Waals surface area contributed by atoms with Gasteiger partial charge >= 0.3 is 0 Å². The lowest BCUT2D eigenvalue weighted by Gasteiger charge is -2.32. The van der Waals surface area contributed by atoms with E-state index in [1.807, 2.05) is 45.0 Å². The molecule has 2 amide bonds. The van der Waals surface area contributed by atoms with Crippen LogP contribution in [0.2, 0.25) is 0 Å². The van der Waals surface area contributed by atoms with Crippen molar-refractivity contribution in [3.8, 4) is 0 Å². The van der Waals surface area contributed by atoms with Gasteiger partial charge in [-0.1, -0.05) is 61.0 Å². The summed E-state index contributed by atoms with van der Waals surface area (Å²) in [6.45, 7) is 6.67. The number of hydrogen-bond acceptors (Lipinski definition) is 6. The van der Waals surface area contributed by atoms with Gasteiger partial charge in [-0.15, -0.1) is 0 Å². The van der Waals surface area contributed by atoms with Crippen LogP contribution < -0.4 is 9.62 Å². The fraction of sp³-hybridized carbons (Fsp3) is 0.310. The van der Waals surface area contributed by atoms with E-state index in [9.17, 15) is 28.1 Å². The summed E-state index contributed by atoms with van der Waals surface area (Å²) in [5.41, 5.74) is 1.37. The van der Waals surface area contributed by atoms with E-state index in [-0.39, 0.29) is 34.8 Å². The Kier molecular flexibility index (Phi) is 10.0. The minimum absolute atomic E-state index is 0.0429. The number of benzene rings is 3. The molecule has 0 aliphatic carbocycles. The van der Waals surface area contributed by atoms with Gasteiger partial charge in [-0.3, -0.25) is 24.0 Å². The molecule has 0 unspecified atom stereocenters. The lowest BCUT2D eigenvalue weighted by atomic mass is 10.1. The van der Waals surface area contributed by atoms with Crippen molar-refractivity contribution in [1.82, 2.24) is 10.2 Å². The number of carbonyl (C=O) groups excluding carboxylic acids is 2. The van der Waals surface area contributed by atoms with Gasteiger partial charge in [0, 0.05) is 24.7 Å². The number of hydrogen-bond donors (Lipinski definition) is 1. The van der Waals surface area contributed by atoms with Crippen molar-refractivity contribution in [1.29, 1.82) is 0 Å². The van der Waals surface area contributed by atoms with Crippen LogP contribution in [0.5, 0.6) is 0 Å². The molecule has 10 nitrogen and oxygen atoms in total. The maximum absolute atomic E-state index is 13.9. The molecule has 0 aromatic heterocycles. The van der Waals surface area contributed by atoms with Gasteiger partial charge in [0.2, 0.25) is 11.8 Å². The van der Waals surface area contributed by atoms with Gasteiger partial charge in [0.05, 0.1) is 15.5 Å². The molecule has 0 radical (unpaired) electrons. The highest BCUT2D eigenvalue weighted by Crippen LogP contribution is 2.27. The first-order valence-corrected chi connectivity index (χ1v) is 14.4. The molecule has 3 aromatic rings. The second kappa shape index (κ2) is 13.2. The number of nitrogens with zero attached hydrogens (tertiary/aromatic N) is 3. The predicted molar refractivity (Wildman–Crippen MR) is 153 cm³/mol. The maximum atomic E-state index is 13.9. The van der Waals surface area contributed by atoms with Gasteiger partial charge in [0.15, 0.2) is 0 Å². The number of rotatable bonds is 12. The number of nitro benzene ring substituents is 1. The molecule has 0 aliphatic rings. The second-order valence-electron chi connectivity index (χ2n) is 9.61. The zero-order valence-corrected chi connectivity index (χ0v) is 23.8. The van der Waals surface area contributed by atoms with Crippen LogP contribution in [0.4, 0.5) is 11.4 Å². The lowest BCUT2D eigenvalue weighted by molar-refractivity contribution is -0.384. The van der Waals surface area contributed by atoms with Crippen LogP contribution in [-0.2, 0) is 26.2 Å². The van der Waals surface area contributed by atoms with Crippen molar-refractivity contribution in [2.75, 3.05) is 10.8 Å². The minimum Gasteiger partial charge on any atom is -0.352 e. The lowest BCUT2D eigenvalue weighted by Crippen LogP contribution is -2.52. The fourth-order valence-electron chi connectivity index (χ4n) is 4.07. The maximum Gasteiger partial charge on any atom is 0.271 e. The molecule has 3 rings (SSSR count). The molecule has 0 fully saturated rings.